The lowest BCUT2D eigenvalue weighted by Crippen LogP contribution is -2.24. The van der Waals surface area contributed by atoms with Gasteiger partial charge in [0.25, 0.3) is 17.7 Å². The van der Waals surface area contributed by atoms with Crippen molar-refractivity contribution in [2.24, 2.45) is 0 Å². The largest absolute Gasteiger partial charge is 0.454 e. The third-order valence-corrected chi connectivity index (χ3v) is 4.32. The second-order valence-electron chi connectivity index (χ2n) is 6.12. The number of imide groups is 1. The van der Waals surface area contributed by atoms with E-state index in [1.54, 1.807) is 6.07 Å². The molecule has 0 saturated carbocycles. The van der Waals surface area contributed by atoms with Crippen LogP contribution in [0.4, 0.5) is 5.69 Å². The zero-order chi connectivity index (χ0) is 19.8. The molecule has 28 heavy (non-hydrogen) atoms. The maximum absolute atomic E-state index is 12.1. The van der Waals surface area contributed by atoms with Crippen molar-refractivity contribution in [1.82, 2.24) is 4.90 Å². The summed E-state index contributed by atoms with van der Waals surface area (Å²) in [6, 6.07) is 8.94. The summed E-state index contributed by atoms with van der Waals surface area (Å²) in [5.74, 6) is -1.14. The minimum absolute atomic E-state index is 0.0842. The van der Waals surface area contributed by atoms with Crippen molar-refractivity contribution in [1.29, 1.82) is 0 Å². The Bertz CT molecular complexity index is 1030. The van der Waals surface area contributed by atoms with E-state index in [0.29, 0.717) is 17.2 Å². The molecule has 2 aliphatic heterocycles. The molecule has 0 atom stereocenters. The van der Waals surface area contributed by atoms with E-state index in [9.17, 15) is 19.2 Å². The minimum atomic E-state index is -0.690. The standard InChI is InChI=1S/C19H14N2O7/c1-21-17(23)12-4-3-11(7-13(12)18(21)24)20-16(22)8-26-19(25)10-2-5-14-15(6-10)28-9-27-14/h2-7H,8-9H2,1H3,(H,20,22). The number of nitrogens with one attached hydrogen (secondary N) is 1. The number of rotatable bonds is 4. The molecule has 9 heteroatoms. The molecule has 0 radical (unpaired) electrons. The predicted octanol–water partition coefficient (Wildman–Crippen LogP) is 1.44. The van der Waals surface area contributed by atoms with Crippen LogP contribution in [0.1, 0.15) is 31.1 Å². The molecule has 0 aromatic heterocycles. The average Bonchev–Trinajstić information content (AvgIpc) is 3.25. The van der Waals surface area contributed by atoms with Gasteiger partial charge in [0.15, 0.2) is 18.1 Å². The molecule has 2 aromatic carbocycles. The van der Waals surface area contributed by atoms with Crippen LogP contribution in [-0.4, -0.2) is 49.0 Å². The number of ether oxygens (including phenoxy) is 3. The molecule has 0 bridgehead atoms. The third kappa shape index (κ3) is 3.02. The maximum Gasteiger partial charge on any atom is 0.338 e. The Kier molecular flexibility index (Phi) is 4.19. The van der Waals surface area contributed by atoms with Crippen LogP contribution < -0.4 is 14.8 Å². The van der Waals surface area contributed by atoms with Gasteiger partial charge in [0.05, 0.1) is 16.7 Å². The van der Waals surface area contributed by atoms with Gasteiger partial charge in [0.2, 0.25) is 6.79 Å². The number of esters is 1. The van der Waals surface area contributed by atoms with Gasteiger partial charge in [0, 0.05) is 12.7 Å². The molecule has 0 aliphatic carbocycles. The lowest BCUT2D eigenvalue weighted by molar-refractivity contribution is -0.119. The van der Waals surface area contributed by atoms with Gasteiger partial charge in [-0.2, -0.15) is 0 Å². The molecular formula is C19H14N2O7. The number of anilines is 1. The molecule has 2 aliphatic rings. The number of carbonyl (C=O) groups excluding carboxylic acids is 4. The molecule has 0 spiro atoms. The summed E-state index contributed by atoms with van der Waals surface area (Å²) < 4.78 is 15.3. The summed E-state index contributed by atoms with van der Waals surface area (Å²) in [5.41, 5.74) is 1.03. The highest BCUT2D eigenvalue weighted by Crippen LogP contribution is 2.32. The molecule has 4 rings (SSSR count). The van der Waals surface area contributed by atoms with Gasteiger partial charge < -0.3 is 19.5 Å². The number of hydrogen-bond acceptors (Lipinski definition) is 7. The van der Waals surface area contributed by atoms with Crippen molar-refractivity contribution in [3.8, 4) is 11.5 Å². The fraction of sp³-hybridized carbons (Fsp3) is 0.158. The van der Waals surface area contributed by atoms with Crippen LogP contribution in [-0.2, 0) is 9.53 Å². The first-order valence-corrected chi connectivity index (χ1v) is 8.27. The van der Waals surface area contributed by atoms with Crippen molar-refractivity contribution in [3.63, 3.8) is 0 Å². The molecule has 0 unspecified atom stereocenters. The smallest absolute Gasteiger partial charge is 0.338 e. The van der Waals surface area contributed by atoms with E-state index in [2.05, 4.69) is 5.32 Å². The minimum Gasteiger partial charge on any atom is -0.454 e. The summed E-state index contributed by atoms with van der Waals surface area (Å²) in [4.78, 5) is 49.0. The van der Waals surface area contributed by atoms with Crippen LogP contribution in [0, 0.1) is 0 Å². The van der Waals surface area contributed by atoms with Crippen molar-refractivity contribution in [3.05, 3.63) is 53.1 Å². The van der Waals surface area contributed by atoms with Crippen LogP contribution in [0.5, 0.6) is 11.5 Å². The molecule has 3 amide bonds. The number of hydrogen-bond donors (Lipinski definition) is 1. The number of carbonyl (C=O) groups is 4. The number of benzene rings is 2. The normalized spacial score (nSPS) is 14.1. The summed E-state index contributed by atoms with van der Waals surface area (Å²) >= 11 is 0. The molecule has 0 fully saturated rings. The van der Waals surface area contributed by atoms with E-state index < -0.39 is 30.3 Å². The zero-order valence-corrected chi connectivity index (χ0v) is 14.7. The summed E-state index contributed by atoms with van der Waals surface area (Å²) in [5, 5.41) is 2.53. The van der Waals surface area contributed by atoms with Gasteiger partial charge in [-0.25, -0.2) is 4.79 Å². The van der Waals surface area contributed by atoms with E-state index in [0.717, 1.165) is 4.90 Å². The highest BCUT2D eigenvalue weighted by atomic mass is 16.7. The first-order valence-electron chi connectivity index (χ1n) is 8.27. The fourth-order valence-corrected chi connectivity index (χ4v) is 2.87. The summed E-state index contributed by atoms with van der Waals surface area (Å²) in [7, 11) is 1.39. The Balaban J connectivity index is 1.37. The van der Waals surface area contributed by atoms with Crippen molar-refractivity contribution >= 4 is 29.4 Å². The predicted molar refractivity (Wildman–Crippen MR) is 94.3 cm³/mol. The fourth-order valence-electron chi connectivity index (χ4n) is 2.87. The van der Waals surface area contributed by atoms with Crippen LogP contribution in [0.15, 0.2) is 36.4 Å². The second kappa shape index (κ2) is 6.69. The van der Waals surface area contributed by atoms with Crippen LogP contribution in [0.3, 0.4) is 0 Å². The van der Waals surface area contributed by atoms with Crippen molar-refractivity contribution < 1.29 is 33.4 Å². The number of nitrogens with zero attached hydrogens (tertiary/aromatic N) is 1. The van der Waals surface area contributed by atoms with Crippen LogP contribution >= 0.6 is 0 Å². The first kappa shape index (κ1) is 17.5. The van der Waals surface area contributed by atoms with Crippen LogP contribution in [0.2, 0.25) is 0 Å². The van der Waals surface area contributed by atoms with Gasteiger partial charge in [-0.3, -0.25) is 19.3 Å². The average molecular weight is 382 g/mol. The van der Waals surface area contributed by atoms with Gasteiger partial charge in [-0.1, -0.05) is 0 Å². The molecule has 1 N–H and O–H groups in total. The third-order valence-electron chi connectivity index (χ3n) is 4.32. The topological polar surface area (TPSA) is 111 Å². The Morgan fingerprint density at radius 1 is 1.04 bits per heavy atom. The first-order chi connectivity index (χ1) is 13.4. The van der Waals surface area contributed by atoms with Crippen LogP contribution in [0.25, 0.3) is 0 Å². The highest BCUT2D eigenvalue weighted by molar-refractivity contribution is 6.21. The molecule has 9 nitrogen and oxygen atoms in total. The van der Waals surface area contributed by atoms with E-state index in [4.69, 9.17) is 14.2 Å². The molecule has 2 aromatic rings. The summed E-state index contributed by atoms with van der Waals surface area (Å²) in [6.45, 7) is -0.432. The van der Waals surface area contributed by atoms with E-state index in [1.807, 2.05) is 0 Å². The van der Waals surface area contributed by atoms with Gasteiger partial charge in [0.1, 0.15) is 0 Å². The molecule has 142 valence electrons. The second-order valence-corrected chi connectivity index (χ2v) is 6.12. The molecule has 2 heterocycles. The van der Waals surface area contributed by atoms with Gasteiger partial charge in [-0.05, 0) is 36.4 Å². The Hall–Kier alpha value is -3.88. The van der Waals surface area contributed by atoms with Crippen molar-refractivity contribution in [2.45, 2.75) is 0 Å². The monoisotopic (exact) mass is 382 g/mol. The molecular weight excluding hydrogens is 368 g/mol. The Labute approximate surface area is 158 Å². The lowest BCUT2D eigenvalue weighted by Gasteiger charge is -2.08. The van der Waals surface area contributed by atoms with Crippen molar-refractivity contribution in [2.75, 3.05) is 25.8 Å². The summed E-state index contributed by atoms with van der Waals surface area (Å²) in [6.07, 6.45) is 0. The van der Waals surface area contributed by atoms with Gasteiger partial charge >= 0.3 is 5.97 Å². The SMILES string of the molecule is CN1C(=O)c2ccc(NC(=O)COC(=O)c3ccc4c(c3)OCO4)cc2C1=O. The molecule has 0 saturated heterocycles. The maximum atomic E-state index is 12.1. The zero-order valence-electron chi connectivity index (χ0n) is 14.7. The lowest BCUT2D eigenvalue weighted by atomic mass is 10.1. The van der Waals surface area contributed by atoms with Gasteiger partial charge in [-0.15, -0.1) is 0 Å². The number of amides is 3. The number of fused-ring (bicyclic) bond motifs is 2. The van der Waals surface area contributed by atoms with E-state index >= 15 is 0 Å². The quantitative estimate of drug-likeness (QED) is 0.629. The Morgan fingerprint density at radius 3 is 2.61 bits per heavy atom. The Morgan fingerprint density at radius 2 is 1.79 bits per heavy atom. The van der Waals surface area contributed by atoms with E-state index in [-0.39, 0.29) is 23.5 Å². The van der Waals surface area contributed by atoms with E-state index in [1.165, 1.54) is 37.4 Å². The highest BCUT2D eigenvalue weighted by Gasteiger charge is 2.32.